The van der Waals surface area contributed by atoms with Crippen LogP contribution in [-0.4, -0.2) is 21.0 Å². The minimum Gasteiger partial charge on any atom is -0.379 e. The lowest BCUT2D eigenvalue weighted by atomic mass is 10.2. The summed E-state index contributed by atoms with van der Waals surface area (Å²) in [5.41, 5.74) is 1.47. The Morgan fingerprint density at radius 1 is 1.50 bits per heavy atom. The van der Waals surface area contributed by atoms with E-state index in [2.05, 4.69) is 10.3 Å². The number of nitrogens with zero attached hydrogens (tertiary/aromatic N) is 3. The predicted octanol–water partition coefficient (Wildman–Crippen LogP) is 2.60. The summed E-state index contributed by atoms with van der Waals surface area (Å²) in [7, 11) is 0. The molecular formula is C12H14N4O2. The molecule has 0 aliphatic heterocycles. The first kappa shape index (κ1) is 12.1. The molecule has 1 aromatic carbocycles. The molecular weight excluding hydrogens is 232 g/mol. The Balaban J connectivity index is 2.38. The summed E-state index contributed by atoms with van der Waals surface area (Å²) in [5.74, 6) is 0. The van der Waals surface area contributed by atoms with Gasteiger partial charge in [-0.3, -0.25) is 10.1 Å². The van der Waals surface area contributed by atoms with E-state index < -0.39 is 0 Å². The molecule has 1 N–H and O–H groups in total. The van der Waals surface area contributed by atoms with Gasteiger partial charge in [-0.15, -0.1) is 0 Å². The number of benzene rings is 1. The van der Waals surface area contributed by atoms with Gasteiger partial charge in [-0.1, -0.05) is 6.92 Å². The van der Waals surface area contributed by atoms with Crippen LogP contribution in [0.3, 0.4) is 0 Å². The fourth-order valence-electron chi connectivity index (χ4n) is 1.66. The molecule has 0 aliphatic rings. The van der Waals surface area contributed by atoms with Crippen molar-refractivity contribution >= 4 is 11.4 Å². The quantitative estimate of drug-likeness (QED) is 0.650. The summed E-state index contributed by atoms with van der Waals surface area (Å²) in [4.78, 5) is 14.5. The SMILES string of the molecule is CCCNc1cc(-n2ccnc2)ccc1[N+](=O)[O-]. The van der Waals surface area contributed by atoms with Crippen LogP contribution in [-0.2, 0) is 0 Å². The van der Waals surface area contributed by atoms with Crippen LogP contribution in [0, 0.1) is 10.1 Å². The standard InChI is InChI=1S/C12H14N4O2/c1-2-5-14-11-8-10(15-7-6-13-9-15)3-4-12(11)16(17)18/h3-4,6-9,14H,2,5H2,1H3. The van der Waals surface area contributed by atoms with Crippen molar-refractivity contribution in [2.45, 2.75) is 13.3 Å². The van der Waals surface area contributed by atoms with Gasteiger partial charge in [-0.05, 0) is 18.6 Å². The van der Waals surface area contributed by atoms with E-state index in [1.807, 2.05) is 6.92 Å². The maximum absolute atomic E-state index is 10.9. The van der Waals surface area contributed by atoms with E-state index >= 15 is 0 Å². The largest absolute Gasteiger partial charge is 0.379 e. The van der Waals surface area contributed by atoms with E-state index in [0.29, 0.717) is 12.2 Å². The van der Waals surface area contributed by atoms with Crippen LogP contribution in [0.1, 0.15) is 13.3 Å². The third-order valence-corrected chi connectivity index (χ3v) is 2.54. The first-order valence-corrected chi connectivity index (χ1v) is 5.73. The van der Waals surface area contributed by atoms with Gasteiger partial charge in [0, 0.05) is 30.7 Å². The number of imidazole rings is 1. The number of nitro groups is 1. The van der Waals surface area contributed by atoms with Crippen LogP contribution in [0.4, 0.5) is 11.4 Å². The topological polar surface area (TPSA) is 73.0 Å². The third kappa shape index (κ3) is 2.48. The highest BCUT2D eigenvalue weighted by atomic mass is 16.6. The molecule has 2 aromatic rings. The van der Waals surface area contributed by atoms with Crippen molar-refractivity contribution in [1.82, 2.24) is 9.55 Å². The lowest BCUT2D eigenvalue weighted by Crippen LogP contribution is -2.04. The molecule has 6 heteroatoms. The first-order valence-electron chi connectivity index (χ1n) is 5.73. The molecule has 0 spiro atoms. The van der Waals surface area contributed by atoms with Gasteiger partial charge in [-0.25, -0.2) is 4.98 Å². The highest BCUT2D eigenvalue weighted by Crippen LogP contribution is 2.26. The summed E-state index contributed by atoms with van der Waals surface area (Å²) in [5, 5.41) is 14.0. The van der Waals surface area contributed by atoms with Crippen molar-refractivity contribution < 1.29 is 4.92 Å². The van der Waals surface area contributed by atoms with E-state index in [1.165, 1.54) is 6.07 Å². The van der Waals surface area contributed by atoms with E-state index in [9.17, 15) is 10.1 Å². The molecule has 0 aliphatic carbocycles. The highest BCUT2D eigenvalue weighted by Gasteiger charge is 2.14. The Morgan fingerprint density at radius 2 is 2.33 bits per heavy atom. The minimum absolute atomic E-state index is 0.0901. The molecule has 0 amide bonds. The number of aromatic nitrogens is 2. The summed E-state index contributed by atoms with van der Waals surface area (Å²) < 4.78 is 1.81. The lowest BCUT2D eigenvalue weighted by Gasteiger charge is -2.08. The summed E-state index contributed by atoms with van der Waals surface area (Å²) >= 11 is 0. The second-order valence-corrected chi connectivity index (χ2v) is 3.86. The molecule has 1 heterocycles. The van der Waals surface area contributed by atoms with E-state index in [4.69, 9.17) is 0 Å². The Bertz CT molecular complexity index is 537. The van der Waals surface area contributed by atoms with Gasteiger partial charge in [0.05, 0.1) is 11.3 Å². The molecule has 1 aromatic heterocycles. The van der Waals surface area contributed by atoms with Crippen molar-refractivity contribution in [3.63, 3.8) is 0 Å². The molecule has 0 atom stereocenters. The molecule has 94 valence electrons. The van der Waals surface area contributed by atoms with Gasteiger partial charge in [0.25, 0.3) is 5.69 Å². The van der Waals surface area contributed by atoms with Gasteiger partial charge in [-0.2, -0.15) is 0 Å². The summed E-state index contributed by atoms with van der Waals surface area (Å²) in [6.07, 6.45) is 6.03. The van der Waals surface area contributed by atoms with Crippen molar-refractivity contribution in [1.29, 1.82) is 0 Å². The molecule has 2 rings (SSSR count). The second-order valence-electron chi connectivity index (χ2n) is 3.86. The van der Waals surface area contributed by atoms with Crippen molar-refractivity contribution in [3.8, 4) is 5.69 Å². The van der Waals surface area contributed by atoms with Crippen molar-refractivity contribution in [2.24, 2.45) is 0 Å². The van der Waals surface area contributed by atoms with Crippen LogP contribution in [0.15, 0.2) is 36.9 Å². The van der Waals surface area contributed by atoms with Crippen molar-refractivity contribution in [2.75, 3.05) is 11.9 Å². The first-order chi connectivity index (χ1) is 8.72. The molecule has 6 nitrogen and oxygen atoms in total. The van der Waals surface area contributed by atoms with E-state index in [-0.39, 0.29) is 10.6 Å². The Labute approximate surface area is 104 Å². The number of hydrogen-bond donors (Lipinski definition) is 1. The highest BCUT2D eigenvalue weighted by molar-refractivity contribution is 5.65. The fraction of sp³-hybridized carbons (Fsp3) is 0.250. The minimum atomic E-state index is -0.379. The van der Waals surface area contributed by atoms with E-state index in [1.54, 1.807) is 35.4 Å². The smallest absolute Gasteiger partial charge is 0.292 e. The zero-order valence-electron chi connectivity index (χ0n) is 10.0. The van der Waals surface area contributed by atoms with Gasteiger partial charge in [0.15, 0.2) is 0 Å². The molecule has 0 saturated heterocycles. The number of anilines is 1. The zero-order chi connectivity index (χ0) is 13.0. The predicted molar refractivity (Wildman–Crippen MR) is 69.0 cm³/mol. The summed E-state index contributed by atoms with van der Waals surface area (Å²) in [6.45, 7) is 2.72. The molecule has 0 saturated carbocycles. The number of rotatable bonds is 5. The average Bonchev–Trinajstić information content (AvgIpc) is 2.89. The summed E-state index contributed by atoms with van der Waals surface area (Å²) in [6, 6.07) is 4.97. The van der Waals surface area contributed by atoms with E-state index in [0.717, 1.165) is 12.1 Å². The Hall–Kier alpha value is -2.37. The van der Waals surface area contributed by atoms with Crippen LogP contribution in [0.5, 0.6) is 0 Å². The zero-order valence-corrected chi connectivity index (χ0v) is 10.0. The number of nitro benzene ring substituents is 1. The lowest BCUT2D eigenvalue weighted by molar-refractivity contribution is -0.384. The molecule has 0 bridgehead atoms. The van der Waals surface area contributed by atoms with Crippen LogP contribution < -0.4 is 5.32 Å². The van der Waals surface area contributed by atoms with Crippen LogP contribution >= 0.6 is 0 Å². The molecule has 0 radical (unpaired) electrons. The number of hydrogen-bond acceptors (Lipinski definition) is 4. The fourth-order valence-corrected chi connectivity index (χ4v) is 1.66. The second kappa shape index (κ2) is 5.31. The average molecular weight is 246 g/mol. The monoisotopic (exact) mass is 246 g/mol. The molecule has 0 unspecified atom stereocenters. The number of nitrogens with one attached hydrogen (secondary N) is 1. The normalized spacial score (nSPS) is 10.3. The van der Waals surface area contributed by atoms with Gasteiger partial charge >= 0.3 is 0 Å². The maximum atomic E-state index is 10.9. The van der Waals surface area contributed by atoms with Gasteiger partial charge < -0.3 is 9.88 Å². The molecule has 18 heavy (non-hydrogen) atoms. The third-order valence-electron chi connectivity index (χ3n) is 2.54. The van der Waals surface area contributed by atoms with Crippen molar-refractivity contribution in [3.05, 3.63) is 47.0 Å². The van der Waals surface area contributed by atoms with Gasteiger partial charge in [0.1, 0.15) is 5.69 Å². The Morgan fingerprint density at radius 3 is 2.94 bits per heavy atom. The Kier molecular flexibility index (Phi) is 3.57. The van der Waals surface area contributed by atoms with Gasteiger partial charge in [0.2, 0.25) is 0 Å². The van der Waals surface area contributed by atoms with Crippen LogP contribution in [0.2, 0.25) is 0 Å². The maximum Gasteiger partial charge on any atom is 0.292 e. The molecule has 0 fully saturated rings. The van der Waals surface area contributed by atoms with Crippen LogP contribution in [0.25, 0.3) is 5.69 Å².